The maximum absolute atomic E-state index is 12.6. The van der Waals surface area contributed by atoms with E-state index < -0.39 is 25.4 Å². The molecule has 118 valence electrons. The van der Waals surface area contributed by atoms with Crippen molar-refractivity contribution in [3.8, 4) is 0 Å². The molecule has 21 heavy (non-hydrogen) atoms. The van der Waals surface area contributed by atoms with Crippen molar-refractivity contribution < 1.29 is 16.8 Å². The molecule has 5 nitrogen and oxygen atoms in total. The molecule has 1 aromatic carbocycles. The van der Waals surface area contributed by atoms with Gasteiger partial charge in [0.05, 0.1) is 16.4 Å². The average Bonchev–Trinajstić information content (AvgIpc) is 2.56. The molecule has 1 aliphatic heterocycles. The van der Waals surface area contributed by atoms with Crippen LogP contribution in [0.3, 0.4) is 0 Å². The highest BCUT2D eigenvalue weighted by molar-refractivity contribution is 7.92. The summed E-state index contributed by atoms with van der Waals surface area (Å²) in [5.41, 5.74) is 1.66. The monoisotopic (exact) mass is 331 g/mol. The van der Waals surface area contributed by atoms with Crippen LogP contribution in [0.1, 0.15) is 30.0 Å². The van der Waals surface area contributed by atoms with Crippen LogP contribution in [-0.4, -0.2) is 33.9 Å². The molecule has 2 rings (SSSR count). The molecule has 0 amide bonds. The van der Waals surface area contributed by atoms with Crippen molar-refractivity contribution in [2.75, 3.05) is 11.5 Å². The summed E-state index contributed by atoms with van der Waals surface area (Å²) in [4.78, 5) is 0.219. The second-order valence-electron chi connectivity index (χ2n) is 6.21. The molecule has 1 saturated heterocycles. The predicted molar refractivity (Wildman–Crippen MR) is 82.7 cm³/mol. The van der Waals surface area contributed by atoms with Gasteiger partial charge in [-0.05, 0) is 56.9 Å². The van der Waals surface area contributed by atoms with Crippen LogP contribution in [0.25, 0.3) is 0 Å². The van der Waals surface area contributed by atoms with Gasteiger partial charge in [0.15, 0.2) is 9.84 Å². The Morgan fingerprint density at radius 1 is 1.10 bits per heavy atom. The lowest BCUT2D eigenvalue weighted by atomic mass is 10.0. The molecule has 0 aliphatic carbocycles. The fraction of sp³-hybridized carbons (Fsp3) is 0.571. The minimum atomic E-state index is -3.74. The van der Waals surface area contributed by atoms with Crippen molar-refractivity contribution in [1.29, 1.82) is 0 Å². The topological polar surface area (TPSA) is 80.3 Å². The molecule has 1 N–H and O–H groups in total. The zero-order valence-electron chi connectivity index (χ0n) is 12.7. The Balaban J connectivity index is 2.38. The van der Waals surface area contributed by atoms with Crippen LogP contribution in [0, 0.1) is 20.8 Å². The lowest BCUT2D eigenvalue weighted by Crippen LogP contribution is -2.46. The number of sulfonamides is 1. The summed E-state index contributed by atoms with van der Waals surface area (Å²) in [6.07, 6.45) is 0.304. The van der Waals surface area contributed by atoms with Crippen molar-refractivity contribution in [3.05, 3.63) is 28.8 Å². The Bertz CT molecular complexity index is 781. The zero-order valence-corrected chi connectivity index (χ0v) is 14.4. The van der Waals surface area contributed by atoms with Crippen molar-refractivity contribution >= 4 is 19.9 Å². The average molecular weight is 331 g/mol. The Hall–Kier alpha value is -0.920. The Kier molecular flexibility index (Phi) is 3.97. The first kappa shape index (κ1) is 16.5. The van der Waals surface area contributed by atoms with Crippen LogP contribution in [0.4, 0.5) is 0 Å². The first-order valence-corrected chi connectivity index (χ1v) is 10.1. The molecule has 1 aromatic rings. The van der Waals surface area contributed by atoms with Gasteiger partial charge in [-0.2, -0.15) is 0 Å². The second kappa shape index (κ2) is 5.07. The van der Waals surface area contributed by atoms with Crippen molar-refractivity contribution in [1.82, 2.24) is 4.72 Å². The van der Waals surface area contributed by atoms with Gasteiger partial charge in [-0.3, -0.25) is 0 Å². The normalized spacial score (nSPS) is 25.1. The molecule has 1 heterocycles. The van der Waals surface area contributed by atoms with Crippen LogP contribution in [0.15, 0.2) is 17.0 Å². The number of hydrogen-bond donors (Lipinski definition) is 1. The van der Waals surface area contributed by atoms with Crippen LogP contribution in [0.2, 0.25) is 0 Å². The molecular formula is C14H21NO4S2. The van der Waals surface area contributed by atoms with Gasteiger partial charge in [-0.15, -0.1) is 0 Å². The summed E-state index contributed by atoms with van der Waals surface area (Å²) in [5.74, 6) is -0.124. The van der Waals surface area contributed by atoms with Gasteiger partial charge in [-0.25, -0.2) is 21.6 Å². The molecule has 1 fully saturated rings. The second-order valence-corrected chi connectivity index (χ2v) is 10.0. The van der Waals surface area contributed by atoms with Gasteiger partial charge in [0.2, 0.25) is 10.0 Å². The van der Waals surface area contributed by atoms with E-state index in [1.165, 1.54) is 0 Å². The maximum Gasteiger partial charge on any atom is 0.241 e. The van der Waals surface area contributed by atoms with Gasteiger partial charge in [0.25, 0.3) is 0 Å². The fourth-order valence-electron chi connectivity index (χ4n) is 2.69. The minimum absolute atomic E-state index is 0.0257. The third kappa shape index (κ3) is 3.46. The number of hydrogen-bond acceptors (Lipinski definition) is 4. The SMILES string of the molecule is Cc1cc(C)c(S(=O)(=O)N[C@@]2(C)CCS(=O)(=O)C2)cc1C. The number of nitrogens with one attached hydrogen (secondary N) is 1. The van der Waals surface area contributed by atoms with Gasteiger partial charge in [0, 0.05) is 5.54 Å². The van der Waals surface area contributed by atoms with Crippen molar-refractivity contribution in [2.45, 2.75) is 44.6 Å². The predicted octanol–water partition coefficient (Wildman–Crippen LogP) is 1.47. The Morgan fingerprint density at radius 3 is 2.19 bits per heavy atom. The van der Waals surface area contributed by atoms with E-state index in [4.69, 9.17) is 0 Å². The van der Waals surface area contributed by atoms with Gasteiger partial charge < -0.3 is 0 Å². The van der Waals surface area contributed by atoms with Crippen molar-refractivity contribution in [3.63, 3.8) is 0 Å². The summed E-state index contributed by atoms with van der Waals surface area (Å²) < 4.78 is 50.9. The van der Waals surface area contributed by atoms with E-state index in [2.05, 4.69) is 4.72 Å². The Labute approximate surface area is 126 Å². The highest BCUT2D eigenvalue weighted by Gasteiger charge is 2.41. The summed E-state index contributed by atoms with van der Waals surface area (Å²) in [6, 6.07) is 3.47. The third-order valence-electron chi connectivity index (χ3n) is 3.96. The molecule has 0 saturated carbocycles. The van der Waals surface area contributed by atoms with Gasteiger partial charge >= 0.3 is 0 Å². The summed E-state index contributed by atoms with van der Waals surface area (Å²) >= 11 is 0. The molecule has 0 unspecified atom stereocenters. The van der Waals surface area contributed by atoms with E-state index >= 15 is 0 Å². The zero-order chi connectivity index (χ0) is 16.1. The molecule has 1 aliphatic rings. The molecular weight excluding hydrogens is 310 g/mol. The van der Waals surface area contributed by atoms with Crippen molar-refractivity contribution in [2.24, 2.45) is 0 Å². The molecule has 0 spiro atoms. The maximum atomic E-state index is 12.6. The third-order valence-corrected chi connectivity index (χ3v) is 7.65. The summed E-state index contributed by atoms with van der Waals surface area (Å²) in [5, 5.41) is 0. The quantitative estimate of drug-likeness (QED) is 0.909. The highest BCUT2D eigenvalue weighted by atomic mass is 32.2. The summed E-state index contributed by atoms with van der Waals surface area (Å²) in [7, 11) is -6.90. The summed E-state index contributed by atoms with van der Waals surface area (Å²) in [6.45, 7) is 7.17. The van der Waals surface area contributed by atoms with E-state index in [0.29, 0.717) is 12.0 Å². The highest BCUT2D eigenvalue weighted by Crippen LogP contribution is 2.27. The van der Waals surface area contributed by atoms with Crippen LogP contribution < -0.4 is 4.72 Å². The first-order chi connectivity index (χ1) is 9.44. The largest absolute Gasteiger partial charge is 0.241 e. The molecule has 0 radical (unpaired) electrons. The molecule has 0 bridgehead atoms. The first-order valence-electron chi connectivity index (χ1n) is 6.76. The number of rotatable bonds is 3. The molecule has 1 atom stereocenters. The van der Waals surface area contributed by atoms with E-state index in [0.717, 1.165) is 11.1 Å². The van der Waals surface area contributed by atoms with Gasteiger partial charge in [-0.1, -0.05) is 6.07 Å². The molecule has 7 heteroatoms. The Morgan fingerprint density at radius 2 is 1.67 bits per heavy atom. The smallest absolute Gasteiger partial charge is 0.229 e. The minimum Gasteiger partial charge on any atom is -0.229 e. The number of aryl methyl sites for hydroxylation is 3. The van der Waals surface area contributed by atoms with E-state index in [-0.39, 0.29) is 16.4 Å². The standard InChI is InChI=1S/C14H21NO4S2/c1-10-7-12(3)13(8-11(10)2)21(18,19)15-14(4)5-6-20(16,17)9-14/h7-8,15H,5-6,9H2,1-4H3/t14-/m0/s1. The van der Waals surface area contributed by atoms with Crippen LogP contribution >= 0.6 is 0 Å². The van der Waals surface area contributed by atoms with E-state index in [1.54, 1.807) is 19.9 Å². The van der Waals surface area contributed by atoms with E-state index in [1.807, 2.05) is 19.9 Å². The lowest BCUT2D eigenvalue weighted by Gasteiger charge is -2.24. The lowest BCUT2D eigenvalue weighted by molar-refractivity contribution is 0.461. The van der Waals surface area contributed by atoms with Crippen LogP contribution in [-0.2, 0) is 19.9 Å². The van der Waals surface area contributed by atoms with Gasteiger partial charge in [0.1, 0.15) is 0 Å². The van der Waals surface area contributed by atoms with E-state index in [9.17, 15) is 16.8 Å². The fourth-order valence-corrected chi connectivity index (χ4v) is 6.63. The number of sulfone groups is 1. The van der Waals surface area contributed by atoms with Crippen LogP contribution in [0.5, 0.6) is 0 Å². The molecule has 0 aromatic heterocycles. The number of benzene rings is 1.